The zero-order chi connectivity index (χ0) is 20.7. The first-order chi connectivity index (χ1) is 13.3. The summed E-state index contributed by atoms with van der Waals surface area (Å²) in [6.45, 7) is 1.73. The van der Waals surface area contributed by atoms with Gasteiger partial charge in [-0.1, -0.05) is 30.3 Å². The molecule has 0 spiro atoms. The first-order valence-electron chi connectivity index (χ1n) is 8.64. The maximum Gasteiger partial charge on any atom is 0.407 e. The van der Waals surface area contributed by atoms with Gasteiger partial charge >= 0.3 is 6.09 Å². The molecule has 0 saturated carbocycles. The Balaban J connectivity index is 1.86. The van der Waals surface area contributed by atoms with Crippen molar-refractivity contribution in [3.63, 3.8) is 0 Å². The molecule has 0 heterocycles. The number of rotatable bonds is 8. The fraction of sp³-hybridized carbons (Fsp3) is 0.316. The molecule has 0 saturated heterocycles. The first kappa shape index (κ1) is 21.1. The second-order valence-electron chi connectivity index (χ2n) is 6.31. The van der Waals surface area contributed by atoms with Crippen LogP contribution in [-0.2, 0) is 11.3 Å². The monoisotopic (exact) mass is 389 g/mol. The minimum atomic E-state index is -1.43. The number of carbonyl (C=O) groups is 1. The van der Waals surface area contributed by atoms with Gasteiger partial charge in [0.1, 0.15) is 12.7 Å². The molecule has 28 heavy (non-hydrogen) atoms. The van der Waals surface area contributed by atoms with Gasteiger partial charge in [-0.05, 0) is 24.5 Å². The fourth-order valence-electron chi connectivity index (χ4n) is 2.62. The summed E-state index contributed by atoms with van der Waals surface area (Å²) in [6, 6.07) is 11.6. The molecule has 0 fully saturated rings. The largest absolute Gasteiger partial charge is 0.445 e. The number of aliphatic hydroxyl groups excluding tert-OH is 2. The molecule has 0 aromatic heterocycles. The van der Waals surface area contributed by atoms with Crippen LogP contribution in [0.25, 0.3) is 0 Å². The summed E-state index contributed by atoms with van der Waals surface area (Å²) in [5, 5.41) is 33.9. The minimum Gasteiger partial charge on any atom is -0.445 e. The number of benzene rings is 2. The van der Waals surface area contributed by atoms with Gasteiger partial charge in [0.05, 0.1) is 11.0 Å². The Hall–Kier alpha value is -3.17. The van der Waals surface area contributed by atoms with E-state index >= 15 is 0 Å². The van der Waals surface area contributed by atoms with Crippen molar-refractivity contribution in [3.8, 4) is 0 Å². The molecule has 9 heteroatoms. The highest BCUT2D eigenvalue weighted by molar-refractivity contribution is 5.67. The number of amides is 1. The van der Waals surface area contributed by atoms with Crippen LogP contribution < -0.4 is 11.1 Å². The molecule has 0 aliphatic rings. The second-order valence-corrected chi connectivity index (χ2v) is 6.31. The van der Waals surface area contributed by atoms with E-state index in [-0.39, 0.29) is 36.5 Å². The topological polar surface area (TPSA) is 148 Å². The number of nitrogen functional groups attached to an aromatic ring is 1. The zero-order valence-corrected chi connectivity index (χ0v) is 15.4. The normalized spacial score (nSPS) is 12.8. The Labute approximate surface area is 161 Å². The van der Waals surface area contributed by atoms with Gasteiger partial charge in [-0.15, -0.1) is 0 Å². The standard InChI is InChI=1S/C19H23N3O6/c1-12-9-14(22(26)27)10-15(17(12)20)18(24)16(23)7-8-21-19(25)28-11-13-5-3-2-4-6-13/h2-6,9-10,16,18,23-24H,7-8,11,20H2,1H3,(H,21,25). The van der Waals surface area contributed by atoms with Crippen LogP contribution >= 0.6 is 0 Å². The second kappa shape index (κ2) is 9.67. The van der Waals surface area contributed by atoms with Crippen LogP contribution in [0.3, 0.4) is 0 Å². The SMILES string of the molecule is Cc1cc([N+](=O)[O-])cc(C(O)C(O)CCNC(=O)OCc2ccccc2)c1N. The van der Waals surface area contributed by atoms with Crippen molar-refractivity contribution in [3.05, 3.63) is 69.3 Å². The maximum atomic E-state index is 11.7. The van der Waals surface area contributed by atoms with Crippen molar-refractivity contribution in [2.45, 2.75) is 32.2 Å². The first-order valence-corrected chi connectivity index (χ1v) is 8.64. The van der Waals surface area contributed by atoms with Crippen molar-refractivity contribution >= 4 is 17.5 Å². The van der Waals surface area contributed by atoms with Crippen LogP contribution in [0.4, 0.5) is 16.2 Å². The predicted molar refractivity (Wildman–Crippen MR) is 102 cm³/mol. The Kier molecular flexibility index (Phi) is 7.30. The fourth-order valence-corrected chi connectivity index (χ4v) is 2.62. The average molecular weight is 389 g/mol. The number of nitrogens with one attached hydrogen (secondary N) is 1. The van der Waals surface area contributed by atoms with Crippen LogP contribution in [0.1, 0.15) is 29.2 Å². The number of hydrogen-bond donors (Lipinski definition) is 4. The van der Waals surface area contributed by atoms with Crippen LogP contribution in [-0.4, -0.2) is 33.9 Å². The van der Waals surface area contributed by atoms with Crippen molar-refractivity contribution in [2.75, 3.05) is 12.3 Å². The van der Waals surface area contributed by atoms with Crippen molar-refractivity contribution < 1.29 is 24.7 Å². The number of nitro groups is 1. The number of anilines is 1. The van der Waals surface area contributed by atoms with Crippen LogP contribution in [0.2, 0.25) is 0 Å². The number of ether oxygens (including phenoxy) is 1. The number of alkyl carbamates (subject to hydrolysis) is 1. The molecule has 2 aromatic rings. The number of nitro benzene ring substituents is 1. The third kappa shape index (κ3) is 5.66. The summed E-state index contributed by atoms with van der Waals surface area (Å²) >= 11 is 0. The van der Waals surface area contributed by atoms with E-state index in [0.717, 1.165) is 11.6 Å². The third-order valence-corrected chi connectivity index (χ3v) is 4.22. The van der Waals surface area contributed by atoms with E-state index in [1.807, 2.05) is 30.3 Å². The van der Waals surface area contributed by atoms with Crippen molar-refractivity contribution in [2.24, 2.45) is 0 Å². The number of aliphatic hydroxyl groups is 2. The molecule has 9 nitrogen and oxygen atoms in total. The highest BCUT2D eigenvalue weighted by atomic mass is 16.6. The molecule has 0 bridgehead atoms. The van der Waals surface area contributed by atoms with Gasteiger partial charge in [0.25, 0.3) is 5.69 Å². The lowest BCUT2D eigenvalue weighted by molar-refractivity contribution is -0.385. The number of aryl methyl sites for hydroxylation is 1. The lowest BCUT2D eigenvalue weighted by atomic mass is 9.97. The number of hydrogen-bond acceptors (Lipinski definition) is 7. The summed E-state index contributed by atoms with van der Waals surface area (Å²) in [5.41, 5.74) is 7.17. The molecular formula is C19H23N3O6. The van der Waals surface area contributed by atoms with E-state index in [9.17, 15) is 25.1 Å². The Morgan fingerprint density at radius 1 is 1.29 bits per heavy atom. The van der Waals surface area contributed by atoms with Crippen LogP contribution in [0, 0.1) is 17.0 Å². The Morgan fingerprint density at radius 2 is 1.96 bits per heavy atom. The summed E-state index contributed by atoms with van der Waals surface area (Å²) < 4.78 is 5.04. The third-order valence-electron chi connectivity index (χ3n) is 4.22. The lowest BCUT2D eigenvalue weighted by Gasteiger charge is -2.20. The summed E-state index contributed by atoms with van der Waals surface area (Å²) in [5.74, 6) is 0. The molecule has 0 radical (unpaired) electrons. The van der Waals surface area contributed by atoms with Gasteiger partial charge in [0.15, 0.2) is 0 Å². The highest BCUT2D eigenvalue weighted by Crippen LogP contribution is 2.31. The zero-order valence-electron chi connectivity index (χ0n) is 15.4. The van der Waals surface area contributed by atoms with Crippen molar-refractivity contribution in [1.29, 1.82) is 0 Å². The number of nitrogens with zero attached hydrogens (tertiary/aromatic N) is 1. The molecule has 2 unspecified atom stereocenters. The molecule has 0 aliphatic heterocycles. The number of nitrogens with two attached hydrogens (primary N) is 1. The van der Waals surface area contributed by atoms with Crippen LogP contribution in [0.5, 0.6) is 0 Å². The molecule has 2 aromatic carbocycles. The maximum absolute atomic E-state index is 11.7. The summed E-state index contributed by atoms with van der Waals surface area (Å²) in [7, 11) is 0. The molecule has 1 amide bonds. The van der Waals surface area contributed by atoms with E-state index in [1.54, 1.807) is 6.92 Å². The van der Waals surface area contributed by atoms with E-state index in [2.05, 4.69) is 5.32 Å². The Morgan fingerprint density at radius 3 is 2.61 bits per heavy atom. The van der Waals surface area contributed by atoms with Gasteiger partial charge in [-0.2, -0.15) is 0 Å². The molecule has 5 N–H and O–H groups in total. The van der Waals surface area contributed by atoms with E-state index in [1.165, 1.54) is 6.07 Å². The molecule has 0 aliphatic carbocycles. The molecular weight excluding hydrogens is 366 g/mol. The van der Waals surface area contributed by atoms with Gasteiger partial charge in [-0.25, -0.2) is 4.79 Å². The number of carbonyl (C=O) groups excluding carboxylic acids is 1. The molecule has 2 atom stereocenters. The molecule has 150 valence electrons. The van der Waals surface area contributed by atoms with Gasteiger partial charge in [0.2, 0.25) is 0 Å². The quantitative estimate of drug-likeness (QED) is 0.307. The lowest BCUT2D eigenvalue weighted by Crippen LogP contribution is -2.30. The summed E-state index contributed by atoms with van der Waals surface area (Å²) in [4.78, 5) is 22.1. The number of non-ortho nitro benzene ring substituents is 1. The average Bonchev–Trinajstić information content (AvgIpc) is 2.68. The van der Waals surface area contributed by atoms with Crippen molar-refractivity contribution in [1.82, 2.24) is 5.32 Å². The van der Waals surface area contributed by atoms with Gasteiger partial charge in [0, 0.05) is 29.9 Å². The minimum absolute atomic E-state index is 0.00276. The van der Waals surface area contributed by atoms with E-state index in [0.29, 0.717) is 5.56 Å². The molecule has 2 rings (SSSR count). The highest BCUT2D eigenvalue weighted by Gasteiger charge is 2.24. The Bertz CT molecular complexity index is 828. The van der Waals surface area contributed by atoms with E-state index in [4.69, 9.17) is 10.5 Å². The van der Waals surface area contributed by atoms with E-state index < -0.39 is 23.2 Å². The summed E-state index contributed by atoms with van der Waals surface area (Å²) in [6.07, 6.45) is -3.36. The predicted octanol–water partition coefficient (Wildman–Crippen LogP) is 2.20. The van der Waals surface area contributed by atoms with Crippen LogP contribution in [0.15, 0.2) is 42.5 Å². The van der Waals surface area contributed by atoms with Gasteiger partial charge < -0.3 is 26.0 Å². The smallest absolute Gasteiger partial charge is 0.407 e. The van der Waals surface area contributed by atoms with Gasteiger partial charge in [-0.3, -0.25) is 10.1 Å².